The number of imidazole rings is 1. The Morgan fingerprint density at radius 1 is 0.767 bits per heavy atom. The molecule has 0 spiro atoms. The summed E-state index contributed by atoms with van der Waals surface area (Å²) in [5.74, 6) is 0.624. The van der Waals surface area contributed by atoms with Crippen molar-refractivity contribution in [2.75, 3.05) is 0 Å². The average molecular weight is 430 g/mol. The summed E-state index contributed by atoms with van der Waals surface area (Å²) in [4.78, 5) is 22.8. The second-order valence-electron chi connectivity index (χ2n) is 6.62. The number of aromatic amines is 2. The van der Waals surface area contributed by atoms with Gasteiger partial charge in [0.2, 0.25) is 0 Å². The summed E-state index contributed by atoms with van der Waals surface area (Å²) in [6, 6.07) is 15.3. The van der Waals surface area contributed by atoms with E-state index in [1.807, 2.05) is 48.5 Å². The number of aromatic nitrogens is 7. The van der Waals surface area contributed by atoms with Crippen molar-refractivity contribution >= 4 is 45.0 Å². The Bertz CT molecular complexity index is 1520. The summed E-state index contributed by atoms with van der Waals surface area (Å²) in [6.07, 6.45) is 3.51. The van der Waals surface area contributed by atoms with Crippen LogP contribution in [-0.4, -0.2) is 35.1 Å². The molecule has 0 aliphatic rings. The fraction of sp³-hybridized carbons (Fsp3) is 0. The van der Waals surface area contributed by atoms with Gasteiger partial charge in [-0.15, -0.1) is 11.3 Å². The molecule has 0 aliphatic heterocycles. The van der Waals surface area contributed by atoms with E-state index in [1.165, 1.54) is 11.3 Å². The van der Waals surface area contributed by atoms with Crippen molar-refractivity contribution in [1.29, 1.82) is 0 Å². The molecule has 0 amide bonds. The molecule has 0 radical (unpaired) electrons. The van der Waals surface area contributed by atoms with Crippen LogP contribution in [0.5, 0.6) is 0 Å². The Kier molecular flexibility index (Phi) is 3.87. The van der Waals surface area contributed by atoms with Gasteiger partial charge in [0.05, 0.1) is 31.6 Å². The van der Waals surface area contributed by atoms with Crippen molar-refractivity contribution in [3.05, 3.63) is 65.3 Å². The van der Waals surface area contributed by atoms with Crippen molar-refractivity contribution in [1.82, 2.24) is 35.1 Å². The smallest absolute Gasteiger partial charge is 0.161 e. The number of nitrogens with one attached hydrogen (secondary N) is 2. The van der Waals surface area contributed by atoms with Crippen molar-refractivity contribution in [2.24, 2.45) is 0 Å². The number of rotatable bonds is 3. The quantitative estimate of drug-likeness (QED) is 0.395. The maximum Gasteiger partial charge on any atom is 0.161 e. The second-order valence-corrected chi connectivity index (χ2v) is 8.34. The first-order valence-corrected chi connectivity index (χ1v) is 10.3. The first-order chi connectivity index (χ1) is 14.8. The lowest BCUT2D eigenvalue weighted by Crippen LogP contribution is -1.88. The van der Waals surface area contributed by atoms with Gasteiger partial charge >= 0.3 is 0 Å². The molecule has 0 aromatic carbocycles. The molecule has 0 aliphatic carbocycles. The highest BCUT2D eigenvalue weighted by Gasteiger charge is 2.18. The van der Waals surface area contributed by atoms with Gasteiger partial charge in [0, 0.05) is 12.4 Å². The molecule has 30 heavy (non-hydrogen) atoms. The third-order valence-electron chi connectivity index (χ3n) is 4.77. The number of halogens is 1. The lowest BCUT2D eigenvalue weighted by atomic mass is 10.2. The van der Waals surface area contributed by atoms with Gasteiger partial charge in [-0.25, -0.2) is 9.97 Å². The van der Waals surface area contributed by atoms with Crippen LogP contribution >= 0.6 is 22.9 Å². The maximum absolute atomic E-state index is 6.11. The second kappa shape index (κ2) is 6.72. The first kappa shape index (κ1) is 17.3. The lowest BCUT2D eigenvalue weighted by molar-refractivity contribution is 1.10. The van der Waals surface area contributed by atoms with E-state index in [1.54, 1.807) is 12.4 Å². The largest absolute Gasteiger partial charge is 0.336 e. The zero-order valence-corrected chi connectivity index (χ0v) is 16.9. The van der Waals surface area contributed by atoms with Crippen LogP contribution in [0.1, 0.15) is 0 Å². The van der Waals surface area contributed by atoms with Crippen LogP contribution in [0.2, 0.25) is 4.34 Å². The number of fused-ring (bicyclic) bond motifs is 2. The van der Waals surface area contributed by atoms with E-state index in [9.17, 15) is 0 Å². The maximum atomic E-state index is 6.11. The fourth-order valence-electron chi connectivity index (χ4n) is 3.39. The predicted octanol–water partition coefficient (Wildman–Crippen LogP) is 5.34. The lowest BCUT2D eigenvalue weighted by Gasteiger charge is -2.00. The molecule has 6 heterocycles. The standard InChI is InChI=1S/C21H12ClN7S/c22-16-7-6-15(30-16)19-17-13(8-10-24-19)26-21(27-17)20-18-14(28-29-20)5-4-12(25-18)11-3-1-2-9-23-11/h1-10H,(H,26,27)(H,28,29). The number of hydrogen-bond donors (Lipinski definition) is 2. The van der Waals surface area contributed by atoms with Gasteiger partial charge < -0.3 is 4.98 Å². The zero-order chi connectivity index (χ0) is 20.1. The summed E-state index contributed by atoms with van der Waals surface area (Å²) in [5.41, 5.74) is 6.21. The molecule has 6 aromatic rings. The van der Waals surface area contributed by atoms with E-state index < -0.39 is 0 Å². The molecule has 6 rings (SSSR count). The molecule has 9 heteroatoms. The monoisotopic (exact) mass is 429 g/mol. The third kappa shape index (κ3) is 2.77. The van der Waals surface area contributed by atoms with Gasteiger partial charge in [0.15, 0.2) is 11.5 Å². The van der Waals surface area contributed by atoms with Crippen LogP contribution in [0.15, 0.2) is 60.9 Å². The van der Waals surface area contributed by atoms with Crippen molar-refractivity contribution < 1.29 is 0 Å². The molecule has 144 valence electrons. The Morgan fingerprint density at radius 2 is 1.70 bits per heavy atom. The highest BCUT2D eigenvalue weighted by Crippen LogP contribution is 2.34. The summed E-state index contributed by atoms with van der Waals surface area (Å²) < 4.78 is 0.712. The minimum absolute atomic E-state index is 0.624. The highest BCUT2D eigenvalue weighted by atomic mass is 35.5. The van der Waals surface area contributed by atoms with E-state index in [2.05, 4.69) is 25.1 Å². The molecule has 2 N–H and O–H groups in total. The van der Waals surface area contributed by atoms with Gasteiger partial charge in [0.25, 0.3) is 0 Å². The van der Waals surface area contributed by atoms with Crippen molar-refractivity contribution in [3.8, 4) is 33.5 Å². The normalized spacial score (nSPS) is 11.5. The number of nitrogens with zero attached hydrogens (tertiary/aromatic N) is 5. The van der Waals surface area contributed by atoms with E-state index >= 15 is 0 Å². The van der Waals surface area contributed by atoms with Crippen LogP contribution in [-0.2, 0) is 0 Å². The summed E-state index contributed by atoms with van der Waals surface area (Å²) in [5, 5.41) is 7.50. The van der Waals surface area contributed by atoms with Crippen molar-refractivity contribution in [2.45, 2.75) is 0 Å². The van der Waals surface area contributed by atoms with Gasteiger partial charge in [-0.1, -0.05) is 17.7 Å². The Labute approximate surface area is 178 Å². The number of thiophene rings is 1. The van der Waals surface area contributed by atoms with Gasteiger partial charge in [-0.3, -0.25) is 15.1 Å². The predicted molar refractivity (Wildman–Crippen MR) is 118 cm³/mol. The SMILES string of the molecule is Clc1ccc(-c2nccc3[nH]c(-c4n[nH]c5ccc(-c6ccccn6)nc45)nc23)s1. The topological polar surface area (TPSA) is 96.0 Å². The van der Waals surface area contributed by atoms with E-state index in [0.717, 1.165) is 44.0 Å². The Morgan fingerprint density at radius 3 is 2.53 bits per heavy atom. The molecule has 0 saturated heterocycles. The van der Waals surface area contributed by atoms with Crippen LogP contribution in [0, 0.1) is 0 Å². The summed E-state index contributed by atoms with van der Waals surface area (Å²) >= 11 is 7.59. The first-order valence-electron chi connectivity index (χ1n) is 9.13. The molecule has 0 saturated carbocycles. The van der Waals surface area contributed by atoms with Crippen LogP contribution in [0.4, 0.5) is 0 Å². The minimum Gasteiger partial charge on any atom is -0.336 e. The zero-order valence-electron chi connectivity index (χ0n) is 15.3. The molecule has 7 nitrogen and oxygen atoms in total. The van der Waals surface area contributed by atoms with Gasteiger partial charge in [-0.2, -0.15) is 5.10 Å². The number of pyridine rings is 3. The summed E-state index contributed by atoms with van der Waals surface area (Å²) in [7, 11) is 0. The molecule has 0 atom stereocenters. The van der Waals surface area contributed by atoms with Crippen LogP contribution in [0.3, 0.4) is 0 Å². The molecule has 6 aromatic heterocycles. The van der Waals surface area contributed by atoms with Crippen LogP contribution in [0.25, 0.3) is 55.5 Å². The Hall–Kier alpha value is -3.62. The molecular weight excluding hydrogens is 418 g/mol. The van der Waals surface area contributed by atoms with Gasteiger partial charge in [-0.05, 0) is 42.5 Å². The average Bonchev–Trinajstić information content (AvgIpc) is 3.51. The highest BCUT2D eigenvalue weighted by molar-refractivity contribution is 7.19. The number of hydrogen-bond acceptors (Lipinski definition) is 6. The fourth-order valence-corrected chi connectivity index (χ4v) is 4.43. The van der Waals surface area contributed by atoms with E-state index in [0.29, 0.717) is 15.9 Å². The summed E-state index contributed by atoms with van der Waals surface area (Å²) in [6.45, 7) is 0. The molecule has 0 fully saturated rings. The van der Waals surface area contributed by atoms with E-state index in [-0.39, 0.29) is 0 Å². The minimum atomic E-state index is 0.624. The van der Waals surface area contributed by atoms with Crippen molar-refractivity contribution in [3.63, 3.8) is 0 Å². The molecular formula is C21H12ClN7S. The molecule has 0 unspecified atom stereocenters. The van der Waals surface area contributed by atoms with E-state index in [4.69, 9.17) is 21.6 Å². The van der Waals surface area contributed by atoms with Gasteiger partial charge in [0.1, 0.15) is 16.7 Å². The van der Waals surface area contributed by atoms with Crippen LogP contribution < -0.4 is 0 Å². The molecule has 0 bridgehead atoms. The third-order valence-corrected chi connectivity index (χ3v) is 6.00. The Balaban J connectivity index is 1.52. The number of H-pyrrole nitrogens is 2.